The summed E-state index contributed by atoms with van der Waals surface area (Å²) in [6.07, 6.45) is 5.99. The average Bonchev–Trinajstić information content (AvgIpc) is 3.57. The first-order valence-corrected chi connectivity index (χ1v) is 11.5. The van der Waals surface area contributed by atoms with Gasteiger partial charge in [0.05, 0.1) is 11.2 Å². The fourth-order valence-corrected chi connectivity index (χ4v) is 3.85. The van der Waals surface area contributed by atoms with Gasteiger partial charge in [0, 0.05) is 36.6 Å². The van der Waals surface area contributed by atoms with Crippen LogP contribution in [0.2, 0.25) is 0 Å². The van der Waals surface area contributed by atoms with E-state index in [2.05, 4.69) is 35.9 Å². The van der Waals surface area contributed by atoms with Crippen molar-refractivity contribution in [1.82, 2.24) is 30.6 Å². The Morgan fingerprint density at radius 3 is 2.79 bits per heavy atom. The molecule has 5 rings (SSSR count). The van der Waals surface area contributed by atoms with Crippen LogP contribution < -0.4 is 16.0 Å². The molecule has 8 nitrogen and oxygen atoms in total. The van der Waals surface area contributed by atoms with Gasteiger partial charge in [0.25, 0.3) is 0 Å². The Bertz CT molecular complexity index is 1310. The number of carbonyl (C=O) groups is 1. The van der Waals surface area contributed by atoms with Crippen LogP contribution in [0, 0.1) is 11.7 Å². The highest BCUT2D eigenvalue weighted by molar-refractivity contribution is 5.98. The summed E-state index contributed by atoms with van der Waals surface area (Å²) in [6, 6.07) is 10.3. The number of nitrogens with one attached hydrogen (secondary N) is 4. The second kappa shape index (κ2) is 9.56. The Hall–Kier alpha value is -3.85. The SMILES string of the molecule is CCNC(=O)Nc1nc2c(-c3ncccc3F)cc(-c3ccc(CNCC4CC4)nc3)cc2[nH]1. The predicted octanol–water partition coefficient (Wildman–Crippen LogP) is 4.47. The molecular formula is C25H26FN7O. The van der Waals surface area contributed by atoms with Crippen molar-refractivity contribution in [3.8, 4) is 22.4 Å². The lowest BCUT2D eigenvalue weighted by molar-refractivity contribution is 0.252. The third-order valence-corrected chi connectivity index (χ3v) is 5.76. The molecule has 34 heavy (non-hydrogen) atoms. The van der Waals surface area contributed by atoms with Crippen molar-refractivity contribution < 1.29 is 9.18 Å². The molecule has 3 aromatic heterocycles. The number of hydrogen-bond donors (Lipinski definition) is 4. The van der Waals surface area contributed by atoms with Crippen molar-refractivity contribution in [2.75, 3.05) is 18.4 Å². The highest BCUT2D eigenvalue weighted by Gasteiger charge is 2.20. The van der Waals surface area contributed by atoms with Gasteiger partial charge in [0.1, 0.15) is 17.0 Å². The molecule has 3 heterocycles. The summed E-state index contributed by atoms with van der Waals surface area (Å²) in [5.74, 6) is 0.640. The van der Waals surface area contributed by atoms with E-state index in [4.69, 9.17) is 0 Å². The number of halogens is 1. The van der Waals surface area contributed by atoms with E-state index >= 15 is 0 Å². The summed E-state index contributed by atoms with van der Waals surface area (Å²) in [7, 11) is 0. The van der Waals surface area contributed by atoms with E-state index in [9.17, 15) is 9.18 Å². The van der Waals surface area contributed by atoms with Crippen molar-refractivity contribution in [3.63, 3.8) is 0 Å². The Kier molecular flexibility index (Phi) is 6.18. The number of aromatic nitrogens is 4. The Balaban J connectivity index is 1.50. The fraction of sp³-hybridized carbons (Fsp3) is 0.280. The number of benzene rings is 1. The molecule has 0 bridgehead atoms. The van der Waals surface area contributed by atoms with Gasteiger partial charge in [0.2, 0.25) is 5.95 Å². The van der Waals surface area contributed by atoms with Gasteiger partial charge >= 0.3 is 6.03 Å². The second-order valence-corrected chi connectivity index (χ2v) is 8.44. The quantitative estimate of drug-likeness (QED) is 0.311. The number of imidazole rings is 1. The monoisotopic (exact) mass is 459 g/mol. The van der Waals surface area contributed by atoms with E-state index in [1.165, 1.54) is 18.9 Å². The van der Waals surface area contributed by atoms with Crippen LogP contribution in [-0.4, -0.2) is 39.1 Å². The lowest BCUT2D eigenvalue weighted by atomic mass is 10.0. The summed E-state index contributed by atoms with van der Waals surface area (Å²) in [6.45, 7) is 4.08. The smallest absolute Gasteiger partial charge is 0.321 e. The largest absolute Gasteiger partial charge is 0.338 e. The molecule has 1 aliphatic rings. The van der Waals surface area contributed by atoms with E-state index in [0.29, 0.717) is 23.1 Å². The third-order valence-electron chi connectivity index (χ3n) is 5.76. The number of fused-ring (bicyclic) bond motifs is 1. The first-order chi connectivity index (χ1) is 16.6. The zero-order valence-electron chi connectivity index (χ0n) is 18.9. The van der Waals surface area contributed by atoms with Crippen LogP contribution in [0.15, 0.2) is 48.8 Å². The van der Waals surface area contributed by atoms with Crippen molar-refractivity contribution in [3.05, 3.63) is 60.3 Å². The zero-order valence-corrected chi connectivity index (χ0v) is 18.9. The number of carbonyl (C=O) groups excluding carboxylic acids is 1. The summed E-state index contributed by atoms with van der Waals surface area (Å²) >= 11 is 0. The standard InChI is InChI=1S/C25H26FN7O/c1-2-28-25(34)33-24-31-21-11-17(10-19(23(21)32-24)22-20(26)4-3-9-29-22)16-7-8-18(30-13-16)14-27-12-15-5-6-15/h3-4,7-11,13,15,27H,2,5-6,12,14H2,1H3,(H3,28,31,32,33,34). The second-order valence-electron chi connectivity index (χ2n) is 8.44. The first kappa shape index (κ1) is 22.0. The number of H-pyrrole nitrogens is 1. The molecule has 0 spiro atoms. The summed E-state index contributed by atoms with van der Waals surface area (Å²) in [4.78, 5) is 28.4. The average molecular weight is 460 g/mol. The van der Waals surface area contributed by atoms with Crippen molar-refractivity contribution in [2.24, 2.45) is 5.92 Å². The van der Waals surface area contributed by atoms with Gasteiger partial charge in [-0.3, -0.25) is 15.3 Å². The zero-order chi connectivity index (χ0) is 23.5. The highest BCUT2D eigenvalue weighted by Crippen LogP contribution is 2.34. The van der Waals surface area contributed by atoms with Crippen LogP contribution in [0.25, 0.3) is 33.4 Å². The van der Waals surface area contributed by atoms with Crippen LogP contribution >= 0.6 is 0 Å². The molecule has 1 aliphatic carbocycles. The van der Waals surface area contributed by atoms with E-state index in [0.717, 1.165) is 35.8 Å². The highest BCUT2D eigenvalue weighted by atomic mass is 19.1. The molecule has 0 radical (unpaired) electrons. The molecule has 2 amide bonds. The number of aromatic amines is 1. The van der Waals surface area contributed by atoms with Crippen molar-refractivity contribution in [1.29, 1.82) is 0 Å². The van der Waals surface area contributed by atoms with Gasteiger partial charge in [-0.1, -0.05) is 6.07 Å². The van der Waals surface area contributed by atoms with Gasteiger partial charge in [-0.2, -0.15) is 0 Å². The van der Waals surface area contributed by atoms with E-state index in [1.54, 1.807) is 12.3 Å². The van der Waals surface area contributed by atoms with E-state index in [1.807, 2.05) is 37.4 Å². The molecule has 0 unspecified atom stereocenters. The predicted molar refractivity (Wildman–Crippen MR) is 130 cm³/mol. The molecule has 4 N–H and O–H groups in total. The number of nitrogens with zero attached hydrogens (tertiary/aromatic N) is 3. The van der Waals surface area contributed by atoms with Crippen LogP contribution in [0.4, 0.5) is 15.1 Å². The van der Waals surface area contributed by atoms with Gasteiger partial charge in [0.15, 0.2) is 0 Å². The topological polar surface area (TPSA) is 108 Å². The van der Waals surface area contributed by atoms with E-state index in [-0.39, 0.29) is 17.7 Å². The normalized spacial score (nSPS) is 13.2. The van der Waals surface area contributed by atoms with Crippen LogP contribution in [0.3, 0.4) is 0 Å². The first-order valence-electron chi connectivity index (χ1n) is 11.5. The van der Waals surface area contributed by atoms with Crippen LogP contribution in [0.1, 0.15) is 25.5 Å². The van der Waals surface area contributed by atoms with Gasteiger partial charge in [-0.05, 0) is 68.1 Å². The summed E-state index contributed by atoms with van der Waals surface area (Å²) in [5.41, 5.74) is 4.59. The maximum absolute atomic E-state index is 14.7. The van der Waals surface area contributed by atoms with Crippen LogP contribution in [0.5, 0.6) is 0 Å². The number of rotatable bonds is 8. The molecule has 1 aromatic carbocycles. The number of hydrogen-bond acceptors (Lipinski definition) is 5. The molecule has 0 atom stereocenters. The fourth-order valence-electron chi connectivity index (χ4n) is 3.85. The third kappa shape index (κ3) is 4.89. The maximum Gasteiger partial charge on any atom is 0.321 e. The number of pyridine rings is 2. The molecule has 4 aromatic rings. The molecular weight excluding hydrogens is 433 g/mol. The molecule has 0 aliphatic heterocycles. The van der Waals surface area contributed by atoms with Crippen molar-refractivity contribution >= 4 is 23.0 Å². The summed E-state index contributed by atoms with van der Waals surface area (Å²) < 4.78 is 14.7. The summed E-state index contributed by atoms with van der Waals surface area (Å²) in [5, 5.41) is 8.78. The Morgan fingerprint density at radius 2 is 2.06 bits per heavy atom. The minimum absolute atomic E-state index is 0.194. The van der Waals surface area contributed by atoms with E-state index < -0.39 is 5.82 Å². The number of amides is 2. The number of urea groups is 1. The van der Waals surface area contributed by atoms with Crippen LogP contribution in [-0.2, 0) is 6.54 Å². The Morgan fingerprint density at radius 1 is 1.18 bits per heavy atom. The molecule has 1 saturated carbocycles. The molecule has 9 heteroatoms. The number of anilines is 1. The van der Waals surface area contributed by atoms with Gasteiger partial charge in [-0.15, -0.1) is 0 Å². The minimum Gasteiger partial charge on any atom is -0.338 e. The van der Waals surface area contributed by atoms with Gasteiger partial charge in [-0.25, -0.2) is 14.2 Å². The molecule has 1 fully saturated rings. The molecule has 0 saturated heterocycles. The maximum atomic E-state index is 14.7. The minimum atomic E-state index is -0.447. The lowest BCUT2D eigenvalue weighted by Crippen LogP contribution is -2.28. The lowest BCUT2D eigenvalue weighted by Gasteiger charge is -2.09. The van der Waals surface area contributed by atoms with Crippen molar-refractivity contribution in [2.45, 2.75) is 26.3 Å². The molecule has 174 valence electrons. The van der Waals surface area contributed by atoms with Gasteiger partial charge < -0.3 is 15.6 Å². The Labute approximate surface area is 196 Å².